The lowest BCUT2D eigenvalue weighted by Crippen LogP contribution is -2.00. The van der Waals surface area contributed by atoms with Crippen molar-refractivity contribution in [3.05, 3.63) is 41.2 Å². The molecule has 0 aliphatic rings. The molecule has 0 fully saturated rings. The molecule has 1 aromatic heterocycles. The number of nitrogens with one attached hydrogen (secondary N) is 1. The molecule has 0 atom stereocenters. The van der Waals surface area contributed by atoms with E-state index in [2.05, 4.69) is 17.6 Å². The van der Waals surface area contributed by atoms with Crippen LogP contribution in [0.1, 0.15) is 5.56 Å². The standard InChI is InChI=1S/C14H17ClN2O2/c1-17-5-4-10(9-17)8-16-12-7-14(19-3)13(18-2)6-11(12)15/h4-7,9,16H,8H2,1-3H3. The number of aryl methyl sites for hydroxylation is 1. The second kappa shape index (κ2) is 5.89. The van der Waals surface area contributed by atoms with Gasteiger partial charge in [0.15, 0.2) is 11.5 Å². The van der Waals surface area contributed by atoms with E-state index in [0.29, 0.717) is 23.1 Å². The Hall–Kier alpha value is -1.81. The largest absolute Gasteiger partial charge is 0.493 e. The molecule has 5 heteroatoms. The van der Waals surface area contributed by atoms with Crippen molar-refractivity contribution in [3.63, 3.8) is 0 Å². The zero-order valence-corrected chi connectivity index (χ0v) is 12.0. The summed E-state index contributed by atoms with van der Waals surface area (Å²) in [6, 6.07) is 5.64. The molecule has 0 saturated heterocycles. The highest BCUT2D eigenvalue weighted by Crippen LogP contribution is 2.36. The number of hydrogen-bond donors (Lipinski definition) is 1. The third kappa shape index (κ3) is 3.15. The molecule has 1 heterocycles. The molecule has 4 nitrogen and oxygen atoms in total. The minimum Gasteiger partial charge on any atom is -0.493 e. The Morgan fingerprint density at radius 1 is 1.21 bits per heavy atom. The summed E-state index contributed by atoms with van der Waals surface area (Å²) in [6.45, 7) is 0.704. The number of ether oxygens (including phenoxy) is 2. The Balaban J connectivity index is 2.15. The number of methoxy groups -OCH3 is 2. The number of benzene rings is 1. The smallest absolute Gasteiger partial charge is 0.162 e. The fourth-order valence-electron chi connectivity index (χ4n) is 1.85. The van der Waals surface area contributed by atoms with Gasteiger partial charge in [-0.1, -0.05) is 11.6 Å². The Morgan fingerprint density at radius 3 is 2.47 bits per heavy atom. The molecule has 0 bridgehead atoms. The van der Waals surface area contributed by atoms with Gasteiger partial charge in [-0.2, -0.15) is 0 Å². The van der Waals surface area contributed by atoms with Crippen LogP contribution in [0.15, 0.2) is 30.6 Å². The highest BCUT2D eigenvalue weighted by atomic mass is 35.5. The van der Waals surface area contributed by atoms with Crippen molar-refractivity contribution in [3.8, 4) is 11.5 Å². The lowest BCUT2D eigenvalue weighted by atomic mass is 10.2. The molecule has 0 aliphatic carbocycles. The van der Waals surface area contributed by atoms with Gasteiger partial charge < -0.3 is 19.4 Å². The van der Waals surface area contributed by atoms with Crippen molar-refractivity contribution in [2.75, 3.05) is 19.5 Å². The first-order valence-corrected chi connectivity index (χ1v) is 6.28. The van der Waals surface area contributed by atoms with Crippen LogP contribution in [0, 0.1) is 0 Å². The van der Waals surface area contributed by atoms with Crippen LogP contribution in [0.5, 0.6) is 11.5 Å². The van der Waals surface area contributed by atoms with Gasteiger partial charge in [-0.05, 0) is 11.6 Å². The first kappa shape index (κ1) is 13.6. The topological polar surface area (TPSA) is 35.4 Å². The van der Waals surface area contributed by atoms with Crippen molar-refractivity contribution >= 4 is 17.3 Å². The van der Waals surface area contributed by atoms with Crippen molar-refractivity contribution < 1.29 is 9.47 Å². The van der Waals surface area contributed by atoms with Crippen LogP contribution in [-0.4, -0.2) is 18.8 Å². The third-order valence-electron chi connectivity index (χ3n) is 2.85. The minimum atomic E-state index is 0.605. The molecule has 0 unspecified atom stereocenters. The summed E-state index contributed by atoms with van der Waals surface area (Å²) in [4.78, 5) is 0. The van der Waals surface area contributed by atoms with Gasteiger partial charge in [-0.3, -0.25) is 0 Å². The molecule has 0 radical (unpaired) electrons. The first-order valence-electron chi connectivity index (χ1n) is 5.90. The Morgan fingerprint density at radius 2 is 1.89 bits per heavy atom. The van der Waals surface area contributed by atoms with Crippen LogP contribution in [0.4, 0.5) is 5.69 Å². The number of halogens is 1. The molecule has 0 saturated carbocycles. The second-order valence-electron chi connectivity index (χ2n) is 4.23. The van der Waals surface area contributed by atoms with Crippen molar-refractivity contribution in [2.45, 2.75) is 6.54 Å². The normalized spacial score (nSPS) is 10.3. The third-order valence-corrected chi connectivity index (χ3v) is 3.16. The molecular formula is C14H17ClN2O2. The van der Waals surface area contributed by atoms with E-state index in [1.165, 1.54) is 5.56 Å². The van der Waals surface area contributed by atoms with Crippen LogP contribution < -0.4 is 14.8 Å². The van der Waals surface area contributed by atoms with Crippen LogP contribution >= 0.6 is 11.6 Å². The van der Waals surface area contributed by atoms with E-state index < -0.39 is 0 Å². The van der Waals surface area contributed by atoms with Gasteiger partial charge in [0.1, 0.15) is 0 Å². The van der Waals surface area contributed by atoms with Crippen molar-refractivity contribution in [1.82, 2.24) is 4.57 Å². The van der Waals surface area contributed by atoms with Crippen LogP contribution in [0.3, 0.4) is 0 Å². The number of nitrogens with zero attached hydrogens (tertiary/aromatic N) is 1. The molecule has 0 spiro atoms. The fourth-order valence-corrected chi connectivity index (χ4v) is 2.07. The van der Waals surface area contributed by atoms with Gasteiger partial charge in [0, 0.05) is 38.1 Å². The van der Waals surface area contributed by atoms with Crippen molar-refractivity contribution in [1.29, 1.82) is 0 Å². The van der Waals surface area contributed by atoms with Gasteiger partial charge in [0.05, 0.1) is 24.9 Å². The predicted molar refractivity (Wildman–Crippen MR) is 77.3 cm³/mol. The predicted octanol–water partition coefficient (Wildman–Crippen LogP) is 3.31. The molecule has 2 rings (SSSR count). The lowest BCUT2D eigenvalue weighted by molar-refractivity contribution is 0.355. The number of anilines is 1. The number of aromatic nitrogens is 1. The van der Waals surface area contributed by atoms with E-state index in [0.717, 1.165) is 5.69 Å². The Bertz CT molecular complexity index is 567. The molecule has 1 N–H and O–H groups in total. The van der Waals surface area contributed by atoms with E-state index in [1.54, 1.807) is 20.3 Å². The molecule has 1 aromatic carbocycles. The summed E-state index contributed by atoms with van der Waals surface area (Å²) in [7, 11) is 5.19. The zero-order chi connectivity index (χ0) is 13.8. The highest BCUT2D eigenvalue weighted by molar-refractivity contribution is 6.33. The van der Waals surface area contributed by atoms with E-state index in [1.807, 2.05) is 23.9 Å². The molecule has 0 amide bonds. The number of rotatable bonds is 5. The van der Waals surface area contributed by atoms with Crippen LogP contribution in [0.2, 0.25) is 5.02 Å². The van der Waals surface area contributed by atoms with Gasteiger partial charge >= 0.3 is 0 Å². The maximum Gasteiger partial charge on any atom is 0.162 e. The molecule has 0 aliphatic heterocycles. The Kier molecular flexibility index (Phi) is 4.22. The molecule has 19 heavy (non-hydrogen) atoms. The summed E-state index contributed by atoms with van der Waals surface area (Å²) in [6.07, 6.45) is 4.06. The van der Waals surface area contributed by atoms with Gasteiger partial charge in [0.2, 0.25) is 0 Å². The summed E-state index contributed by atoms with van der Waals surface area (Å²) >= 11 is 6.21. The summed E-state index contributed by atoms with van der Waals surface area (Å²) in [5, 5.41) is 3.89. The summed E-state index contributed by atoms with van der Waals surface area (Å²) in [5.41, 5.74) is 2.01. The number of hydrogen-bond acceptors (Lipinski definition) is 3. The minimum absolute atomic E-state index is 0.605. The summed E-state index contributed by atoms with van der Waals surface area (Å²) < 4.78 is 12.5. The second-order valence-corrected chi connectivity index (χ2v) is 4.63. The average molecular weight is 281 g/mol. The van der Waals surface area contributed by atoms with Crippen LogP contribution in [-0.2, 0) is 13.6 Å². The SMILES string of the molecule is COc1cc(Cl)c(NCc2ccn(C)c2)cc1OC. The summed E-state index contributed by atoms with van der Waals surface area (Å²) in [5.74, 6) is 1.28. The average Bonchev–Trinajstić information content (AvgIpc) is 2.82. The van der Waals surface area contributed by atoms with Crippen LogP contribution in [0.25, 0.3) is 0 Å². The highest BCUT2D eigenvalue weighted by Gasteiger charge is 2.09. The zero-order valence-electron chi connectivity index (χ0n) is 11.2. The molecule has 102 valence electrons. The van der Waals surface area contributed by atoms with Gasteiger partial charge in [-0.15, -0.1) is 0 Å². The van der Waals surface area contributed by atoms with Crippen molar-refractivity contribution in [2.24, 2.45) is 7.05 Å². The van der Waals surface area contributed by atoms with Gasteiger partial charge in [0.25, 0.3) is 0 Å². The monoisotopic (exact) mass is 280 g/mol. The quantitative estimate of drug-likeness (QED) is 0.913. The van der Waals surface area contributed by atoms with E-state index in [9.17, 15) is 0 Å². The lowest BCUT2D eigenvalue weighted by Gasteiger charge is -2.13. The molecule has 2 aromatic rings. The molecular weight excluding hydrogens is 264 g/mol. The van der Waals surface area contributed by atoms with E-state index >= 15 is 0 Å². The van der Waals surface area contributed by atoms with E-state index in [4.69, 9.17) is 21.1 Å². The first-order chi connectivity index (χ1) is 9.13. The van der Waals surface area contributed by atoms with Gasteiger partial charge in [-0.25, -0.2) is 0 Å². The Labute approximate surface area is 117 Å². The fraction of sp³-hybridized carbons (Fsp3) is 0.286. The van der Waals surface area contributed by atoms with E-state index in [-0.39, 0.29) is 0 Å². The maximum atomic E-state index is 6.21. The maximum absolute atomic E-state index is 6.21.